The van der Waals surface area contributed by atoms with Gasteiger partial charge < -0.3 is 10.2 Å². The van der Waals surface area contributed by atoms with E-state index >= 15 is 0 Å². The minimum atomic E-state index is 0.423. The molecule has 0 saturated carbocycles. The van der Waals surface area contributed by atoms with Crippen molar-refractivity contribution in [2.75, 3.05) is 11.9 Å². The van der Waals surface area contributed by atoms with E-state index < -0.39 is 0 Å². The number of halogens is 1. The highest BCUT2D eigenvalue weighted by molar-refractivity contribution is 6.31. The molecule has 0 saturated heterocycles. The number of aromatic nitrogens is 1. The van der Waals surface area contributed by atoms with Gasteiger partial charge in [-0.2, -0.15) is 0 Å². The smallest absolute Gasteiger partial charge is 0.133 e. The Morgan fingerprint density at radius 3 is 2.71 bits per heavy atom. The number of nitrogens with one attached hydrogen (secondary N) is 1. The topological polar surface area (TPSA) is 28.2 Å². The molecule has 1 heterocycles. The number of benzene rings is 1. The monoisotopic (exact) mass is 303 g/mol. The lowest BCUT2D eigenvalue weighted by Crippen LogP contribution is -2.22. The van der Waals surface area contributed by atoms with Crippen molar-refractivity contribution in [3.8, 4) is 0 Å². The summed E-state index contributed by atoms with van der Waals surface area (Å²) in [5.41, 5.74) is 3.41. The largest absolute Gasteiger partial charge is 0.329 e. The summed E-state index contributed by atoms with van der Waals surface area (Å²) in [7, 11) is 2.02. The third kappa shape index (κ3) is 4.19. The Labute approximate surface area is 132 Å². The molecule has 112 valence electrons. The molecule has 2 rings (SSSR count). The molecule has 0 radical (unpaired) electrons. The lowest BCUT2D eigenvalue weighted by molar-refractivity contribution is 0.588. The first-order valence-electron chi connectivity index (χ1n) is 7.15. The molecule has 0 aliphatic carbocycles. The highest BCUT2D eigenvalue weighted by Crippen LogP contribution is 2.26. The summed E-state index contributed by atoms with van der Waals surface area (Å²) in [6.07, 6.45) is 1.72. The maximum Gasteiger partial charge on any atom is 0.133 e. The second kappa shape index (κ2) is 6.92. The predicted octanol–water partition coefficient (Wildman–Crippen LogP) is 4.31. The van der Waals surface area contributed by atoms with Crippen LogP contribution in [-0.2, 0) is 6.54 Å². The maximum absolute atomic E-state index is 6.23. The SMILES string of the molecule is Cc1cccc(N(C)c2cc(CNC(C)C)c(Cl)cn2)c1. The lowest BCUT2D eigenvalue weighted by Gasteiger charge is -2.20. The van der Waals surface area contributed by atoms with E-state index in [4.69, 9.17) is 11.6 Å². The van der Waals surface area contributed by atoms with Gasteiger partial charge in [-0.3, -0.25) is 0 Å². The van der Waals surface area contributed by atoms with Crippen LogP contribution in [-0.4, -0.2) is 18.1 Å². The molecule has 1 N–H and O–H groups in total. The zero-order valence-corrected chi connectivity index (χ0v) is 13.8. The van der Waals surface area contributed by atoms with Crippen LogP contribution in [0.1, 0.15) is 25.0 Å². The number of nitrogens with zero attached hydrogens (tertiary/aromatic N) is 2. The van der Waals surface area contributed by atoms with Gasteiger partial charge in [0.15, 0.2) is 0 Å². The molecule has 0 atom stereocenters. The number of hydrogen-bond acceptors (Lipinski definition) is 3. The molecular formula is C17H22ClN3. The Morgan fingerprint density at radius 1 is 1.29 bits per heavy atom. The van der Waals surface area contributed by atoms with Gasteiger partial charge in [-0.25, -0.2) is 4.98 Å². The first-order chi connectivity index (χ1) is 9.97. The van der Waals surface area contributed by atoms with E-state index in [1.807, 2.05) is 13.1 Å². The van der Waals surface area contributed by atoms with Crippen LogP contribution in [0.4, 0.5) is 11.5 Å². The van der Waals surface area contributed by atoms with Crippen LogP contribution < -0.4 is 10.2 Å². The van der Waals surface area contributed by atoms with E-state index in [-0.39, 0.29) is 0 Å². The van der Waals surface area contributed by atoms with Gasteiger partial charge in [0.1, 0.15) is 5.82 Å². The molecule has 0 amide bonds. The Balaban J connectivity index is 2.25. The lowest BCUT2D eigenvalue weighted by atomic mass is 10.2. The van der Waals surface area contributed by atoms with Gasteiger partial charge in [-0.1, -0.05) is 37.6 Å². The average molecular weight is 304 g/mol. The summed E-state index contributed by atoms with van der Waals surface area (Å²) in [5, 5.41) is 4.09. The van der Waals surface area contributed by atoms with Crippen molar-refractivity contribution in [1.29, 1.82) is 0 Å². The van der Waals surface area contributed by atoms with Crippen molar-refractivity contribution >= 4 is 23.1 Å². The van der Waals surface area contributed by atoms with E-state index in [0.29, 0.717) is 11.1 Å². The average Bonchev–Trinajstić information content (AvgIpc) is 2.45. The van der Waals surface area contributed by atoms with Crippen molar-refractivity contribution in [2.24, 2.45) is 0 Å². The molecule has 0 aliphatic rings. The third-order valence-corrected chi connectivity index (χ3v) is 3.69. The summed E-state index contributed by atoms with van der Waals surface area (Å²) in [6.45, 7) is 7.07. The van der Waals surface area contributed by atoms with Gasteiger partial charge in [0.2, 0.25) is 0 Å². The molecule has 21 heavy (non-hydrogen) atoms. The minimum absolute atomic E-state index is 0.423. The minimum Gasteiger partial charge on any atom is -0.329 e. The molecule has 1 aromatic heterocycles. The molecule has 0 aliphatic heterocycles. The summed E-state index contributed by atoms with van der Waals surface area (Å²) in [4.78, 5) is 6.51. The first kappa shape index (κ1) is 15.8. The molecule has 0 fully saturated rings. The molecule has 3 nitrogen and oxygen atoms in total. The van der Waals surface area contributed by atoms with E-state index in [9.17, 15) is 0 Å². The van der Waals surface area contributed by atoms with Gasteiger partial charge in [0.05, 0.1) is 5.02 Å². The van der Waals surface area contributed by atoms with Gasteiger partial charge in [0.25, 0.3) is 0 Å². The molecule has 1 aromatic carbocycles. The number of pyridine rings is 1. The summed E-state index contributed by atoms with van der Waals surface area (Å²) < 4.78 is 0. The fourth-order valence-electron chi connectivity index (χ4n) is 2.07. The van der Waals surface area contributed by atoms with E-state index in [0.717, 1.165) is 23.6 Å². The zero-order chi connectivity index (χ0) is 15.4. The number of hydrogen-bond donors (Lipinski definition) is 1. The first-order valence-corrected chi connectivity index (χ1v) is 7.53. The van der Waals surface area contributed by atoms with E-state index in [1.165, 1.54) is 5.56 Å². The fraction of sp³-hybridized carbons (Fsp3) is 0.353. The molecule has 0 spiro atoms. The van der Waals surface area contributed by atoms with Crippen molar-refractivity contribution in [2.45, 2.75) is 33.4 Å². The van der Waals surface area contributed by atoms with Crippen molar-refractivity contribution < 1.29 is 0 Å². The van der Waals surface area contributed by atoms with Crippen molar-refractivity contribution in [1.82, 2.24) is 10.3 Å². The highest BCUT2D eigenvalue weighted by Gasteiger charge is 2.09. The Morgan fingerprint density at radius 2 is 2.05 bits per heavy atom. The van der Waals surface area contributed by atoms with E-state index in [1.54, 1.807) is 6.20 Å². The maximum atomic E-state index is 6.23. The molecule has 0 unspecified atom stereocenters. The molecular weight excluding hydrogens is 282 g/mol. The van der Waals surface area contributed by atoms with Crippen molar-refractivity contribution in [3.63, 3.8) is 0 Å². The Kier molecular flexibility index (Phi) is 5.21. The van der Waals surface area contributed by atoms with Crippen LogP contribution in [0.3, 0.4) is 0 Å². The van der Waals surface area contributed by atoms with Crippen LogP contribution in [0, 0.1) is 6.92 Å². The number of rotatable bonds is 5. The summed E-state index contributed by atoms with van der Waals surface area (Å²) in [5.74, 6) is 0.894. The summed E-state index contributed by atoms with van der Waals surface area (Å²) in [6, 6.07) is 10.8. The Bertz CT molecular complexity index is 611. The normalized spacial score (nSPS) is 11.0. The van der Waals surface area contributed by atoms with E-state index in [2.05, 4.69) is 60.2 Å². The summed E-state index contributed by atoms with van der Waals surface area (Å²) >= 11 is 6.23. The highest BCUT2D eigenvalue weighted by atomic mass is 35.5. The molecule has 2 aromatic rings. The second-order valence-electron chi connectivity index (χ2n) is 5.57. The van der Waals surface area contributed by atoms with Gasteiger partial charge >= 0.3 is 0 Å². The second-order valence-corrected chi connectivity index (χ2v) is 5.97. The van der Waals surface area contributed by atoms with Gasteiger partial charge in [0, 0.05) is 31.5 Å². The fourth-order valence-corrected chi connectivity index (χ4v) is 2.24. The van der Waals surface area contributed by atoms with Crippen LogP contribution in [0.5, 0.6) is 0 Å². The molecule has 4 heteroatoms. The number of anilines is 2. The zero-order valence-electron chi connectivity index (χ0n) is 13.0. The third-order valence-electron chi connectivity index (χ3n) is 3.35. The van der Waals surface area contributed by atoms with Crippen LogP contribution in [0.15, 0.2) is 36.5 Å². The van der Waals surface area contributed by atoms with Crippen LogP contribution in [0.25, 0.3) is 0 Å². The number of aryl methyl sites for hydroxylation is 1. The van der Waals surface area contributed by atoms with Crippen molar-refractivity contribution in [3.05, 3.63) is 52.7 Å². The quantitative estimate of drug-likeness (QED) is 0.892. The standard InChI is InChI=1S/C17H22ClN3/c1-12(2)19-10-14-9-17(20-11-16(14)18)21(4)15-7-5-6-13(3)8-15/h5-9,11-12,19H,10H2,1-4H3. The molecule has 0 bridgehead atoms. The predicted molar refractivity (Wildman–Crippen MR) is 90.5 cm³/mol. The van der Waals surface area contributed by atoms with Gasteiger partial charge in [-0.15, -0.1) is 0 Å². The van der Waals surface area contributed by atoms with Gasteiger partial charge in [-0.05, 0) is 36.2 Å². The van der Waals surface area contributed by atoms with Crippen LogP contribution in [0.2, 0.25) is 5.02 Å². The Hall–Kier alpha value is -1.58. The van der Waals surface area contributed by atoms with Crippen LogP contribution >= 0.6 is 11.6 Å².